The fourth-order valence-corrected chi connectivity index (χ4v) is 0. The summed E-state index contributed by atoms with van der Waals surface area (Å²) in [5.74, 6) is 0. The first-order valence-electron chi connectivity index (χ1n) is 1.29. The molecule has 0 saturated heterocycles. The van der Waals surface area contributed by atoms with Gasteiger partial charge in [-0.3, -0.25) is 0 Å². The Morgan fingerprint density at radius 2 is 1.12 bits per heavy atom. The Hall–Kier alpha value is 0.130. The third-order valence-electron chi connectivity index (χ3n) is 0.247. The second kappa shape index (κ2) is 3.21. The van der Waals surface area contributed by atoms with Crippen molar-refractivity contribution in [3.8, 4) is 0 Å². The van der Waals surface area contributed by atoms with Gasteiger partial charge in [0.05, 0.1) is 0 Å². The molecule has 0 aromatic rings. The summed E-state index contributed by atoms with van der Waals surface area (Å²) in [6.45, 7) is 0. The number of hydrogen-bond donors (Lipinski definition) is 0. The van der Waals surface area contributed by atoms with E-state index >= 15 is 0 Å². The van der Waals surface area contributed by atoms with Gasteiger partial charge in [0, 0.05) is 0 Å². The maximum absolute atomic E-state index is 10.4. The maximum atomic E-state index is 10.4. The number of halogens is 6. The quantitative estimate of drug-likeness (QED) is 0.527. The highest BCUT2D eigenvalue weighted by molar-refractivity contribution is 8.93. The molecule has 0 aliphatic carbocycles. The van der Waals surface area contributed by atoms with E-state index in [1.165, 1.54) is 0 Å². The highest BCUT2D eigenvalue weighted by Gasteiger charge is 2.40. The van der Waals surface area contributed by atoms with E-state index < -0.39 is 12.6 Å². The largest absolute Gasteiger partial charge is 0.450 e. The van der Waals surface area contributed by atoms with Gasteiger partial charge >= 0.3 is 12.6 Å². The number of hydrogen-bond acceptors (Lipinski definition) is 0. The van der Waals surface area contributed by atoms with Gasteiger partial charge in [0.2, 0.25) is 0 Å². The second-order valence-corrected chi connectivity index (χ2v) is 0.842. The topological polar surface area (TPSA) is 0 Å². The van der Waals surface area contributed by atoms with Crippen LogP contribution in [0.5, 0.6) is 0 Å². The first kappa shape index (κ1) is 11.0. The van der Waals surface area contributed by atoms with Gasteiger partial charge in [-0.15, -0.1) is 17.0 Å². The number of rotatable bonds is 0. The fourth-order valence-electron chi connectivity index (χ4n) is 0. The summed E-state index contributed by atoms with van der Waals surface area (Å²) in [5, 5.41) is 0. The lowest BCUT2D eigenvalue weighted by molar-refractivity contribution is -0.219. The third kappa shape index (κ3) is 4.29. The van der Waals surface area contributed by atoms with Gasteiger partial charge in [0.15, 0.2) is 0 Å². The molecular weight excluding hydrogens is 199 g/mol. The lowest BCUT2D eigenvalue weighted by Gasteiger charge is -2.00. The summed E-state index contributed by atoms with van der Waals surface area (Å²) < 4.78 is 52.1. The highest BCUT2D eigenvalue weighted by Crippen LogP contribution is 2.22. The third-order valence-corrected chi connectivity index (χ3v) is 0.247. The molecule has 6 heteroatoms. The Labute approximate surface area is 52.4 Å². The van der Waals surface area contributed by atoms with Crippen LogP contribution < -0.4 is 0 Å². The van der Waals surface area contributed by atoms with Crippen LogP contribution in [0.25, 0.3) is 0 Å². The van der Waals surface area contributed by atoms with E-state index in [-0.39, 0.29) is 17.0 Å². The molecule has 0 atom stereocenters. The summed E-state index contributed by atoms with van der Waals surface area (Å²) in [6, 6.07) is 0. The van der Waals surface area contributed by atoms with Gasteiger partial charge < -0.3 is 0 Å². The second-order valence-electron chi connectivity index (χ2n) is 0.842. The minimum Gasteiger partial charge on any atom is -0.200 e. The van der Waals surface area contributed by atoms with Crippen molar-refractivity contribution in [1.29, 1.82) is 0 Å². The lowest BCUT2D eigenvalue weighted by Crippen LogP contribution is -2.18. The fraction of sp³-hybridized carbons (Fsp3) is 1.00. The zero-order valence-corrected chi connectivity index (χ0v) is 5.09. The highest BCUT2D eigenvalue weighted by atomic mass is 79.9. The van der Waals surface area contributed by atoms with Crippen LogP contribution in [-0.4, -0.2) is 12.6 Å². The molecule has 0 radical (unpaired) electrons. The minimum absolute atomic E-state index is 0. The molecule has 52 valence electrons. The van der Waals surface area contributed by atoms with Crippen LogP contribution in [0.15, 0.2) is 0 Å². The van der Waals surface area contributed by atoms with Crippen LogP contribution in [0, 0.1) is 0 Å². The normalized spacial score (nSPS) is 11.2. The zero-order valence-electron chi connectivity index (χ0n) is 3.38. The first-order chi connectivity index (χ1) is 2.94. The average molecular weight is 201 g/mol. The van der Waals surface area contributed by atoms with Gasteiger partial charge in [-0.1, -0.05) is 0 Å². The van der Waals surface area contributed by atoms with Crippen LogP contribution in [-0.2, 0) is 0 Å². The van der Waals surface area contributed by atoms with E-state index in [4.69, 9.17) is 0 Å². The van der Waals surface area contributed by atoms with Gasteiger partial charge in [-0.05, 0) is 0 Å². The van der Waals surface area contributed by atoms with Crippen molar-refractivity contribution in [2.24, 2.45) is 0 Å². The monoisotopic (exact) mass is 200 g/mol. The van der Waals surface area contributed by atoms with Gasteiger partial charge in [0.1, 0.15) is 0 Å². The Balaban J connectivity index is 0. The molecule has 0 bridgehead atoms. The zero-order chi connectivity index (χ0) is 6.08. The van der Waals surface area contributed by atoms with E-state index in [1.807, 2.05) is 0 Å². The van der Waals surface area contributed by atoms with Gasteiger partial charge in [-0.2, -0.15) is 13.2 Å². The standard InChI is InChI=1S/C2HF5.BrH/c3-1(4)2(5,6)7;/h1H;1H. The first-order valence-corrected chi connectivity index (χ1v) is 1.29. The Bertz CT molecular complexity index is 55.9. The lowest BCUT2D eigenvalue weighted by atomic mass is 10.7. The Morgan fingerprint density at radius 3 is 1.12 bits per heavy atom. The van der Waals surface area contributed by atoms with E-state index in [0.717, 1.165) is 0 Å². The summed E-state index contributed by atoms with van der Waals surface area (Å²) in [5.41, 5.74) is 0. The summed E-state index contributed by atoms with van der Waals surface area (Å²) in [4.78, 5) is 0. The van der Waals surface area contributed by atoms with E-state index in [9.17, 15) is 22.0 Å². The molecule has 0 N–H and O–H groups in total. The van der Waals surface area contributed by atoms with E-state index in [0.29, 0.717) is 0 Å². The molecule has 0 aliphatic heterocycles. The molecule has 0 rings (SSSR count). The molecule has 0 heterocycles. The van der Waals surface area contributed by atoms with Crippen molar-refractivity contribution in [3.63, 3.8) is 0 Å². The molecule has 0 spiro atoms. The van der Waals surface area contributed by atoms with Crippen molar-refractivity contribution >= 4 is 17.0 Å². The maximum Gasteiger partial charge on any atom is 0.450 e. The Kier molecular flexibility index (Phi) is 4.42. The predicted molar refractivity (Wildman–Crippen MR) is 22.4 cm³/mol. The summed E-state index contributed by atoms with van der Waals surface area (Å²) in [7, 11) is 0. The van der Waals surface area contributed by atoms with Crippen LogP contribution >= 0.6 is 17.0 Å². The van der Waals surface area contributed by atoms with Crippen molar-refractivity contribution < 1.29 is 22.0 Å². The predicted octanol–water partition coefficient (Wildman–Crippen LogP) is 2.39. The summed E-state index contributed by atoms with van der Waals surface area (Å²) in [6.07, 6.45) is -9.53. The average Bonchev–Trinajstić information content (AvgIpc) is 1.31. The minimum atomic E-state index is -5.33. The van der Waals surface area contributed by atoms with Crippen molar-refractivity contribution in [3.05, 3.63) is 0 Å². The molecule has 0 aliphatic rings. The molecule has 0 nitrogen and oxygen atoms in total. The van der Waals surface area contributed by atoms with Crippen molar-refractivity contribution in [2.45, 2.75) is 12.6 Å². The molecule has 0 saturated carbocycles. The van der Waals surface area contributed by atoms with Gasteiger partial charge in [0.25, 0.3) is 0 Å². The van der Waals surface area contributed by atoms with Crippen LogP contribution in [0.2, 0.25) is 0 Å². The summed E-state index contributed by atoms with van der Waals surface area (Å²) >= 11 is 0. The van der Waals surface area contributed by atoms with Gasteiger partial charge in [-0.25, -0.2) is 8.78 Å². The van der Waals surface area contributed by atoms with Crippen molar-refractivity contribution in [1.82, 2.24) is 0 Å². The molecular formula is C2H2BrF5. The molecule has 0 unspecified atom stereocenters. The SMILES string of the molecule is Br.FC(F)C(F)(F)F. The van der Waals surface area contributed by atoms with Crippen LogP contribution in [0.4, 0.5) is 22.0 Å². The molecule has 8 heavy (non-hydrogen) atoms. The molecule has 0 aromatic heterocycles. The Morgan fingerprint density at radius 1 is 1.00 bits per heavy atom. The molecule has 0 aromatic carbocycles. The van der Waals surface area contributed by atoms with Crippen LogP contribution in [0.1, 0.15) is 0 Å². The van der Waals surface area contributed by atoms with E-state index in [2.05, 4.69) is 0 Å². The van der Waals surface area contributed by atoms with Crippen molar-refractivity contribution in [2.75, 3.05) is 0 Å². The van der Waals surface area contributed by atoms with Crippen LogP contribution in [0.3, 0.4) is 0 Å². The molecule has 0 fully saturated rings. The smallest absolute Gasteiger partial charge is 0.200 e. The molecule has 0 amide bonds. The van der Waals surface area contributed by atoms with E-state index in [1.54, 1.807) is 0 Å². The number of alkyl halides is 5.